The highest BCUT2D eigenvalue weighted by Gasteiger charge is 2.19. The van der Waals surface area contributed by atoms with Crippen molar-refractivity contribution in [1.29, 1.82) is 0 Å². The zero-order valence-corrected chi connectivity index (χ0v) is 17.3. The van der Waals surface area contributed by atoms with Crippen molar-refractivity contribution in [1.82, 2.24) is 9.78 Å². The van der Waals surface area contributed by atoms with Crippen LogP contribution in [0.5, 0.6) is 5.75 Å². The minimum Gasteiger partial charge on any atom is -0.497 e. The van der Waals surface area contributed by atoms with Gasteiger partial charge in [0.1, 0.15) is 11.6 Å². The number of nitrogens with one attached hydrogen (secondary N) is 1. The number of nitrogens with zero attached hydrogens (tertiary/aromatic N) is 2. The maximum absolute atomic E-state index is 13.4. The Kier molecular flexibility index (Phi) is 5.80. The fraction of sp³-hybridized carbons (Fsp3) is 0.120. The summed E-state index contributed by atoms with van der Waals surface area (Å²) in [6.07, 6.45) is 0. The molecule has 0 radical (unpaired) electrons. The number of aliphatic imine (C=N–C) groups is 1. The zero-order chi connectivity index (χ0) is 21.8. The molecule has 0 saturated heterocycles. The van der Waals surface area contributed by atoms with E-state index in [9.17, 15) is 9.18 Å². The summed E-state index contributed by atoms with van der Waals surface area (Å²) in [7, 11) is 1.62. The fourth-order valence-corrected chi connectivity index (χ4v) is 3.42. The van der Waals surface area contributed by atoms with Crippen molar-refractivity contribution >= 4 is 5.71 Å². The molecule has 1 heterocycles. The summed E-state index contributed by atoms with van der Waals surface area (Å²) in [6, 6.07) is 23.1. The summed E-state index contributed by atoms with van der Waals surface area (Å²) in [5.41, 5.74) is 3.93. The predicted molar refractivity (Wildman–Crippen MR) is 121 cm³/mol. The average molecular weight is 415 g/mol. The second-order valence-electron chi connectivity index (χ2n) is 7.10. The summed E-state index contributed by atoms with van der Waals surface area (Å²) >= 11 is 0. The van der Waals surface area contributed by atoms with Gasteiger partial charge in [-0.3, -0.25) is 14.9 Å². The van der Waals surface area contributed by atoms with E-state index < -0.39 is 0 Å². The molecule has 3 aromatic carbocycles. The van der Waals surface area contributed by atoms with E-state index in [1.807, 2.05) is 61.5 Å². The molecule has 6 heteroatoms. The van der Waals surface area contributed by atoms with E-state index in [0.717, 1.165) is 16.9 Å². The lowest BCUT2D eigenvalue weighted by Gasteiger charge is -2.04. The van der Waals surface area contributed by atoms with Gasteiger partial charge >= 0.3 is 0 Å². The molecule has 0 atom stereocenters. The van der Waals surface area contributed by atoms with Gasteiger partial charge in [0.2, 0.25) is 0 Å². The Morgan fingerprint density at radius 3 is 2.48 bits per heavy atom. The quantitative estimate of drug-likeness (QED) is 0.451. The van der Waals surface area contributed by atoms with E-state index in [2.05, 4.69) is 10.1 Å². The lowest BCUT2D eigenvalue weighted by atomic mass is 10.1. The molecule has 1 N–H and O–H groups in total. The molecule has 156 valence electrons. The molecular weight excluding hydrogens is 393 g/mol. The molecule has 0 aliphatic rings. The first-order chi connectivity index (χ1) is 15.1. The van der Waals surface area contributed by atoms with Crippen LogP contribution in [-0.2, 0) is 6.54 Å². The van der Waals surface area contributed by atoms with Crippen molar-refractivity contribution in [3.05, 3.63) is 106 Å². The number of ether oxygens (including phenoxy) is 1. The summed E-state index contributed by atoms with van der Waals surface area (Å²) in [6.45, 7) is 2.24. The number of hydrogen-bond donors (Lipinski definition) is 1. The highest BCUT2D eigenvalue weighted by molar-refractivity contribution is 6.03. The van der Waals surface area contributed by atoms with Gasteiger partial charge in [0, 0.05) is 11.3 Å². The third-order valence-corrected chi connectivity index (χ3v) is 5.03. The molecule has 5 nitrogen and oxygen atoms in total. The minimum atomic E-state index is -0.358. The van der Waals surface area contributed by atoms with Crippen LogP contribution in [0.25, 0.3) is 16.9 Å². The topological polar surface area (TPSA) is 59.4 Å². The fourth-order valence-electron chi connectivity index (χ4n) is 3.42. The third-order valence-electron chi connectivity index (χ3n) is 5.03. The summed E-state index contributed by atoms with van der Waals surface area (Å²) < 4.78 is 20.1. The molecule has 0 fully saturated rings. The van der Waals surface area contributed by atoms with Crippen LogP contribution in [0, 0.1) is 5.82 Å². The standard InChI is InChI=1S/C25H22FN3O2/c1-17(27-16-18-7-6-10-22(15-18)31-2)23-24(19-8-4-3-5-9-19)28-29(25(23)30)21-13-11-20(26)12-14-21/h3-15,28H,16H2,1-2H3. The van der Waals surface area contributed by atoms with Crippen LogP contribution in [0.3, 0.4) is 0 Å². The minimum absolute atomic E-state index is 0.239. The van der Waals surface area contributed by atoms with E-state index in [0.29, 0.717) is 29.2 Å². The first-order valence-electron chi connectivity index (χ1n) is 9.87. The normalized spacial score (nSPS) is 11.5. The van der Waals surface area contributed by atoms with Gasteiger partial charge < -0.3 is 4.74 Å². The molecule has 4 rings (SSSR count). The SMILES string of the molecule is COc1cccc(CN=C(C)c2c(-c3ccccc3)[nH]n(-c3ccc(F)cc3)c2=O)c1. The van der Waals surface area contributed by atoms with E-state index in [4.69, 9.17) is 4.74 Å². The van der Waals surface area contributed by atoms with Crippen molar-refractivity contribution in [3.8, 4) is 22.7 Å². The Morgan fingerprint density at radius 1 is 1.03 bits per heavy atom. The average Bonchev–Trinajstić information content (AvgIpc) is 3.16. The second kappa shape index (κ2) is 8.83. The maximum atomic E-state index is 13.4. The van der Waals surface area contributed by atoms with Crippen LogP contribution in [0.15, 0.2) is 88.6 Å². The molecule has 1 aromatic heterocycles. The van der Waals surface area contributed by atoms with Crippen LogP contribution >= 0.6 is 0 Å². The second-order valence-corrected chi connectivity index (χ2v) is 7.10. The summed E-state index contributed by atoms with van der Waals surface area (Å²) in [5, 5.41) is 3.18. The maximum Gasteiger partial charge on any atom is 0.280 e. The van der Waals surface area contributed by atoms with Gasteiger partial charge in [-0.25, -0.2) is 9.07 Å². The number of benzene rings is 3. The zero-order valence-electron chi connectivity index (χ0n) is 17.3. The molecule has 0 aliphatic heterocycles. The van der Waals surface area contributed by atoms with Crippen LogP contribution in [0.2, 0.25) is 0 Å². The Hall–Kier alpha value is -3.93. The van der Waals surface area contributed by atoms with Crippen LogP contribution < -0.4 is 10.3 Å². The number of aromatic nitrogens is 2. The van der Waals surface area contributed by atoms with Gasteiger partial charge in [0.05, 0.1) is 30.6 Å². The third kappa shape index (κ3) is 4.33. The van der Waals surface area contributed by atoms with Crippen LogP contribution in [-0.4, -0.2) is 22.6 Å². The number of rotatable bonds is 6. The molecule has 0 amide bonds. The first-order valence-corrected chi connectivity index (χ1v) is 9.87. The number of aromatic amines is 1. The number of halogens is 1. The molecule has 0 saturated carbocycles. The first kappa shape index (κ1) is 20.3. The largest absolute Gasteiger partial charge is 0.497 e. The Bertz CT molecular complexity index is 1270. The van der Waals surface area contributed by atoms with Gasteiger partial charge in [0.15, 0.2) is 0 Å². The van der Waals surface area contributed by atoms with Gasteiger partial charge in [-0.05, 0) is 48.9 Å². The molecule has 31 heavy (non-hydrogen) atoms. The number of H-pyrrole nitrogens is 1. The van der Waals surface area contributed by atoms with E-state index >= 15 is 0 Å². The summed E-state index contributed by atoms with van der Waals surface area (Å²) in [5.74, 6) is 0.401. The number of methoxy groups -OCH3 is 1. The van der Waals surface area contributed by atoms with Crippen LogP contribution in [0.4, 0.5) is 4.39 Å². The van der Waals surface area contributed by atoms with Gasteiger partial charge in [0.25, 0.3) is 5.56 Å². The van der Waals surface area contributed by atoms with Gasteiger partial charge in [-0.2, -0.15) is 0 Å². The predicted octanol–water partition coefficient (Wildman–Crippen LogP) is 4.99. The highest BCUT2D eigenvalue weighted by Crippen LogP contribution is 2.22. The van der Waals surface area contributed by atoms with E-state index in [1.54, 1.807) is 19.2 Å². The van der Waals surface area contributed by atoms with E-state index in [1.165, 1.54) is 16.8 Å². The monoisotopic (exact) mass is 415 g/mol. The van der Waals surface area contributed by atoms with Crippen molar-refractivity contribution < 1.29 is 9.13 Å². The highest BCUT2D eigenvalue weighted by atomic mass is 19.1. The van der Waals surface area contributed by atoms with Crippen LogP contribution in [0.1, 0.15) is 18.1 Å². The summed E-state index contributed by atoms with van der Waals surface area (Å²) in [4.78, 5) is 18.0. The lowest BCUT2D eigenvalue weighted by molar-refractivity contribution is 0.414. The lowest BCUT2D eigenvalue weighted by Crippen LogP contribution is -2.19. The molecule has 0 aliphatic carbocycles. The van der Waals surface area contributed by atoms with Crippen molar-refractivity contribution in [2.24, 2.45) is 4.99 Å². The van der Waals surface area contributed by atoms with Gasteiger partial charge in [-0.1, -0.05) is 42.5 Å². The smallest absolute Gasteiger partial charge is 0.280 e. The molecule has 4 aromatic rings. The van der Waals surface area contributed by atoms with Crippen molar-refractivity contribution in [2.45, 2.75) is 13.5 Å². The Labute approximate surface area is 179 Å². The molecule has 0 bridgehead atoms. The van der Waals surface area contributed by atoms with Crippen molar-refractivity contribution in [2.75, 3.05) is 7.11 Å². The molecular formula is C25H22FN3O2. The molecule has 0 spiro atoms. The van der Waals surface area contributed by atoms with E-state index in [-0.39, 0.29) is 11.4 Å². The van der Waals surface area contributed by atoms with Crippen molar-refractivity contribution in [3.63, 3.8) is 0 Å². The Balaban J connectivity index is 1.79. The Morgan fingerprint density at radius 2 is 1.77 bits per heavy atom. The molecule has 0 unspecified atom stereocenters. The van der Waals surface area contributed by atoms with Gasteiger partial charge in [-0.15, -0.1) is 0 Å². The number of hydrogen-bond acceptors (Lipinski definition) is 3.